The highest BCUT2D eigenvalue weighted by atomic mass is 35.5. The van der Waals surface area contributed by atoms with Crippen LogP contribution in [0.2, 0.25) is 5.02 Å². The van der Waals surface area contributed by atoms with Crippen molar-refractivity contribution in [3.05, 3.63) is 112 Å². The van der Waals surface area contributed by atoms with Crippen molar-refractivity contribution in [2.75, 3.05) is 0 Å². The first kappa shape index (κ1) is 25.9. The Bertz CT molecular complexity index is 1260. The van der Waals surface area contributed by atoms with Gasteiger partial charge in [-0.25, -0.2) is 4.39 Å². The molecule has 0 amide bonds. The molecule has 1 fully saturated rings. The van der Waals surface area contributed by atoms with Crippen LogP contribution < -0.4 is 4.74 Å². The standard InChI is InChI=1S/C30H30ClFO4/c1-18(2)24-16-25(23-9-4-5-10-27(23)32)19(3)36-30(24)26-14-20(15-29(33)34)11-12-28(26)35-17-21-7-6-8-22(31)13-21/h4-14,19,24-25,30H,1,15-17H2,2-3H3,(H,33,34)/t19-,24+,25-,30-/m0/s1. The number of rotatable bonds is 8. The van der Waals surface area contributed by atoms with Crippen LogP contribution in [0.15, 0.2) is 78.9 Å². The Morgan fingerprint density at radius 1 is 1.11 bits per heavy atom. The molecule has 4 atom stereocenters. The lowest BCUT2D eigenvalue weighted by molar-refractivity contribution is -0.136. The first-order chi connectivity index (χ1) is 17.2. The lowest BCUT2D eigenvalue weighted by Crippen LogP contribution is -2.35. The van der Waals surface area contributed by atoms with Gasteiger partial charge in [-0.05, 0) is 67.3 Å². The number of ether oxygens (including phenoxy) is 2. The summed E-state index contributed by atoms with van der Waals surface area (Å²) in [6.45, 7) is 8.40. The molecule has 188 valence electrons. The van der Waals surface area contributed by atoms with E-state index in [9.17, 15) is 14.3 Å². The number of carbonyl (C=O) groups is 1. The highest BCUT2D eigenvalue weighted by molar-refractivity contribution is 6.30. The fourth-order valence-corrected chi connectivity index (χ4v) is 5.15. The van der Waals surface area contributed by atoms with Gasteiger partial charge in [0.2, 0.25) is 0 Å². The molecule has 6 heteroatoms. The Morgan fingerprint density at radius 3 is 2.58 bits per heavy atom. The van der Waals surface area contributed by atoms with Crippen molar-refractivity contribution in [1.82, 2.24) is 0 Å². The summed E-state index contributed by atoms with van der Waals surface area (Å²) in [5, 5.41) is 9.98. The molecule has 4 nitrogen and oxygen atoms in total. The van der Waals surface area contributed by atoms with E-state index in [2.05, 4.69) is 6.58 Å². The van der Waals surface area contributed by atoms with Gasteiger partial charge in [-0.2, -0.15) is 0 Å². The van der Waals surface area contributed by atoms with Crippen molar-refractivity contribution in [1.29, 1.82) is 0 Å². The highest BCUT2D eigenvalue weighted by Gasteiger charge is 2.40. The predicted octanol–water partition coefficient (Wildman–Crippen LogP) is 7.51. The zero-order chi connectivity index (χ0) is 25.8. The Kier molecular flexibility index (Phi) is 8.12. The van der Waals surface area contributed by atoms with Crippen LogP contribution in [-0.4, -0.2) is 17.2 Å². The molecule has 1 heterocycles. The van der Waals surface area contributed by atoms with Gasteiger partial charge in [0.15, 0.2) is 0 Å². The highest BCUT2D eigenvalue weighted by Crippen LogP contribution is 2.48. The zero-order valence-electron chi connectivity index (χ0n) is 20.4. The summed E-state index contributed by atoms with van der Waals surface area (Å²) in [4.78, 5) is 11.4. The Labute approximate surface area is 216 Å². The average molecular weight is 509 g/mol. The van der Waals surface area contributed by atoms with Crippen LogP contribution in [0.4, 0.5) is 4.39 Å². The van der Waals surface area contributed by atoms with E-state index in [4.69, 9.17) is 21.1 Å². The summed E-state index contributed by atoms with van der Waals surface area (Å²) in [7, 11) is 0. The Balaban J connectivity index is 1.69. The maximum atomic E-state index is 14.7. The summed E-state index contributed by atoms with van der Waals surface area (Å²) in [5.74, 6) is -0.799. The number of hydrogen-bond acceptors (Lipinski definition) is 3. The number of hydrogen-bond donors (Lipinski definition) is 1. The molecule has 0 aromatic heterocycles. The number of aliphatic carboxylic acids is 1. The first-order valence-corrected chi connectivity index (χ1v) is 12.4. The van der Waals surface area contributed by atoms with E-state index < -0.39 is 12.1 Å². The molecule has 1 aliphatic heterocycles. The molecule has 3 aromatic carbocycles. The van der Waals surface area contributed by atoms with E-state index in [-0.39, 0.29) is 30.2 Å². The molecule has 36 heavy (non-hydrogen) atoms. The number of carboxylic acid groups (broad SMARTS) is 1. The van der Waals surface area contributed by atoms with Crippen molar-refractivity contribution in [2.24, 2.45) is 5.92 Å². The van der Waals surface area contributed by atoms with Crippen LogP contribution in [0.1, 0.15) is 54.5 Å². The Morgan fingerprint density at radius 2 is 1.89 bits per heavy atom. The van der Waals surface area contributed by atoms with Crippen molar-refractivity contribution < 1.29 is 23.8 Å². The molecular formula is C30H30ClFO4. The van der Waals surface area contributed by atoms with Crippen LogP contribution in [0.3, 0.4) is 0 Å². The second-order valence-electron chi connectivity index (χ2n) is 9.44. The minimum Gasteiger partial charge on any atom is -0.489 e. The topological polar surface area (TPSA) is 55.8 Å². The van der Waals surface area contributed by atoms with Gasteiger partial charge < -0.3 is 14.6 Å². The third-order valence-electron chi connectivity index (χ3n) is 6.76. The monoisotopic (exact) mass is 508 g/mol. The van der Waals surface area contributed by atoms with E-state index in [1.54, 1.807) is 24.3 Å². The summed E-state index contributed by atoms with van der Waals surface area (Å²) in [6, 6.07) is 19.6. The zero-order valence-corrected chi connectivity index (χ0v) is 21.2. The largest absolute Gasteiger partial charge is 0.489 e. The van der Waals surface area contributed by atoms with Crippen LogP contribution in [0, 0.1) is 11.7 Å². The molecule has 1 saturated heterocycles. The minimum atomic E-state index is -0.914. The molecule has 0 bridgehead atoms. The molecule has 3 aromatic rings. The molecule has 0 spiro atoms. The normalized spacial score (nSPS) is 21.7. The van der Waals surface area contributed by atoms with Crippen LogP contribution >= 0.6 is 11.6 Å². The molecule has 0 unspecified atom stereocenters. The molecule has 0 aliphatic carbocycles. The SMILES string of the molecule is C=C(C)[C@H]1C[C@H](c2ccccc2F)[C@H](C)O[C@@H]1c1cc(CC(=O)O)ccc1OCc1cccc(Cl)c1. The number of carboxylic acids is 1. The third-order valence-corrected chi connectivity index (χ3v) is 6.99. The van der Waals surface area contributed by atoms with Crippen molar-refractivity contribution in [2.45, 2.75) is 51.4 Å². The number of benzene rings is 3. The molecule has 0 radical (unpaired) electrons. The molecule has 1 N–H and O–H groups in total. The molecule has 1 aliphatic rings. The summed E-state index contributed by atoms with van der Waals surface area (Å²) >= 11 is 6.13. The Hall–Kier alpha value is -3.15. The summed E-state index contributed by atoms with van der Waals surface area (Å²) in [5.41, 5.74) is 3.88. The third kappa shape index (κ3) is 5.97. The van der Waals surface area contributed by atoms with Crippen LogP contribution in [0.25, 0.3) is 0 Å². The maximum Gasteiger partial charge on any atom is 0.307 e. The fourth-order valence-electron chi connectivity index (χ4n) is 4.94. The quantitative estimate of drug-likeness (QED) is 0.320. The average Bonchev–Trinajstić information content (AvgIpc) is 2.83. The molecular weight excluding hydrogens is 479 g/mol. The van der Waals surface area contributed by atoms with Gasteiger partial charge in [-0.3, -0.25) is 4.79 Å². The second kappa shape index (κ2) is 11.3. The predicted molar refractivity (Wildman–Crippen MR) is 139 cm³/mol. The van der Waals surface area contributed by atoms with Gasteiger partial charge in [-0.15, -0.1) is 0 Å². The van der Waals surface area contributed by atoms with Crippen LogP contribution in [-0.2, 0) is 22.6 Å². The van der Waals surface area contributed by atoms with E-state index >= 15 is 0 Å². The van der Waals surface area contributed by atoms with E-state index in [0.29, 0.717) is 34.9 Å². The summed E-state index contributed by atoms with van der Waals surface area (Å²) < 4.78 is 27.4. The van der Waals surface area contributed by atoms with Gasteiger partial charge in [0.25, 0.3) is 0 Å². The van der Waals surface area contributed by atoms with E-state index in [1.807, 2.05) is 50.2 Å². The number of halogens is 2. The van der Waals surface area contributed by atoms with Gasteiger partial charge >= 0.3 is 5.97 Å². The van der Waals surface area contributed by atoms with Crippen LogP contribution in [0.5, 0.6) is 5.75 Å². The minimum absolute atomic E-state index is 0.112. The maximum absolute atomic E-state index is 14.7. The summed E-state index contributed by atoms with van der Waals surface area (Å²) in [6.07, 6.45) is -0.145. The lowest BCUT2D eigenvalue weighted by atomic mass is 9.75. The first-order valence-electron chi connectivity index (χ1n) is 12.0. The van der Waals surface area contributed by atoms with Crippen molar-refractivity contribution >= 4 is 17.6 Å². The van der Waals surface area contributed by atoms with Crippen molar-refractivity contribution in [3.63, 3.8) is 0 Å². The van der Waals surface area contributed by atoms with Crippen molar-refractivity contribution in [3.8, 4) is 5.75 Å². The fraction of sp³-hybridized carbons (Fsp3) is 0.300. The lowest BCUT2D eigenvalue weighted by Gasteiger charge is -2.42. The van der Waals surface area contributed by atoms with Gasteiger partial charge in [0, 0.05) is 22.4 Å². The van der Waals surface area contributed by atoms with Gasteiger partial charge in [0.1, 0.15) is 18.2 Å². The smallest absolute Gasteiger partial charge is 0.307 e. The molecule has 0 saturated carbocycles. The van der Waals surface area contributed by atoms with E-state index in [0.717, 1.165) is 16.7 Å². The van der Waals surface area contributed by atoms with Gasteiger partial charge in [-0.1, -0.05) is 60.2 Å². The molecule has 4 rings (SSSR count). The van der Waals surface area contributed by atoms with Gasteiger partial charge in [0.05, 0.1) is 18.6 Å². The second-order valence-corrected chi connectivity index (χ2v) is 9.88. The van der Waals surface area contributed by atoms with E-state index in [1.165, 1.54) is 6.07 Å².